The van der Waals surface area contributed by atoms with E-state index in [9.17, 15) is 5.26 Å². The lowest BCUT2D eigenvalue weighted by atomic mass is 9.99. The molecular weight excluding hydrogens is 406 g/mol. The first kappa shape index (κ1) is 18.7. The summed E-state index contributed by atoms with van der Waals surface area (Å²) in [6, 6.07) is 10.00. The highest BCUT2D eigenvalue weighted by Crippen LogP contribution is 2.35. The fourth-order valence-electron chi connectivity index (χ4n) is 5.06. The monoisotopic (exact) mass is 429 g/mol. The van der Waals surface area contributed by atoms with Gasteiger partial charge in [0.2, 0.25) is 0 Å². The summed E-state index contributed by atoms with van der Waals surface area (Å²) in [7, 11) is 2.17. The summed E-state index contributed by atoms with van der Waals surface area (Å²) in [6.07, 6.45) is 8.88. The van der Waals surface area contributed by atoms with Crippen LogP contribution in [-0.2, 0) is 0 Å². The van der Waals surface area contributed by atoms with Gasteiger partial charge < -0.3 is 14.6 Å². The molecule has 7 nitrogen and oxygen atoms in total. The normalized spacial score (nSPS) is 22.8. The molecule has 0 saturated carbocycles. The Balaban J connectivity index is 1.35. The molecule has 2 bridgehead atoms. The van der Waals surface area contributed by atoms with Crippen molar-refractivity contribution in [1.29, 1.82) is 5.26 Å². The van der Waals surface area contributed by atoms with Crippen LogP contribution in [0.5, 0.6) is 0 Å². The van der Waals surface area contributed by atoms with Crippen molar-refractivity contribution in [3.05, 3.63) is 41.9 Å². The molecule has 6 heterocycles. The van der Waals surface area contributed by atoms with Gasteiger partial charge in [0.05, 0.1) is 17.0 Å². The van der Waals surface area contributed by atoms with E-state index in [1.165, 1.54) is 25.7 Å². The minimum atomic E-state index is 0.531. The number of nitrogens with zero attached hydrogens (tertiary/aromatic N) is 6. The van der Waals surface area contributed by atoms with Crippen LogP contribution >= 0.6 is 11.3 Å². The summed E-state index contributed by atoms with van der Waals surface area (Å²) in [6.45, 7) is 1.93. The zero-order valence-electron chi connectivity index (χ0n) is 17.5. The molecule has 0 spiro atoms. The van der Waals surface area contributed by atoms with Gasteiger partial charge in [0.1, 0.15) is 16.4 Å². The molecule has 2 unspecified atom stereocenters. The number of aryl methyl sites for hydroxylation is 1. The van der Waals surface area contributed by atoms with E-state index < -0.39 is 0 Å². The van der Waals surface area contributed by atoms with Gasteiger partial charge in [-0.2, -0.15) is 5.26 Å². The largest absolute Gasteiger partial charge is 0.348 e. The van der Waals surface area contributed by atoms with Gasteiger partial charge in [-0.15, -0.1) is 0 Å². The second kappa shape index (κ2) is 7.01. The molecule has 0 aliphatic carbocycles. The van der Waals surface area contributed by atoms with E-state index >= 15 is 0 Å². The first-order valence-corrected chi connectivity index (χ1v) is 11.6. The summed E-state index contributed by atoms with van der Waals surface area (Å²) in [5.41, 5.74) is 4.79. The number of aromatic nitrogens is 4. The van der Waals surface area contributed by atoms with Crippen molar-refractivity contribution in [2.45, 2.75) is 50.7 Å². The molecule has 4 aromatic heterocycles. The Morgan fingerprint density at radius 2 is 1.97 bits per heavy atom. The average Bonchev–Trinajstić information content (AvgIpc) is 3.46. The first-order chi connectivity index (χ1) is 15.1. The zero-order valence-corrected chi connectivity index (χ0v) is 18.4. The van der Waals surface area contributed by atoms with Crippen LogP contribution in [0.4, 0.5) is 5.13 Å². The van der Waals surface area contributed by atoms with E-state index in [-0.39, 0.29) is 0 Å². The molecule has 0 radical (unpaired) electrons. The maximum Gasteiger partial charge on any atom is 0.187 e. The van der Waals surface area contributed by atoms with Crippen molar-refractivity contribution < 1.29 is 0 Å². The number of nitrogens with one attached hydrogen (secondary N) is 1. The van der Waals surface area contributed by atoms with E-state index in [4.69, 9.17) is 9.97 Å². The van der Waals surface area contributed by atoms with Gasteiger partial charge >= 0.3 is 0 Å². The SMILES string of the molecule is Cc1cn2cc(-c3ccc4nc(N(C)C5CC6CCC(C5)N6)sc4n3)cc(C#N)c2n1. The number of pyridine rings is 2. The van der Waals surface area contributed by atoms with Crippen molar-refractivity contribution in [3.63, 3.8) is 0 Å². The van der Waals surface area contributed by atoms with E-state index in [0.29, 0.717) is 29.3 Å². The minimum Gasteiger partial charge on any atom is -0.348 e. The minimum absolute atomic E-state index is 0.531. The smallest absolute Gasteiger partial charge is 0.187 e. The lowest BCUT2D eigenvalue weighted by Gasteiger charge is -2.35. The lowest BCUT2D eigenvalue weighted by molar-refractivity contribution is 0.354. The molecule has 6 rings (SSSR count). The molecule has 4 aromatic rings. The number of thiazole rings is 1. The molecule has 2 aliphatic heterocycles. The number of hydrogen-bond donors (Lipinski definition) is 1. The Hall–Kier alpha value is -3.02. The highest BCUT2D eigenvalue weighted by atomic mass is 32.1. The van der Waals surface area contributed by atoms with Crippen LogP contribution in [0, 0.1) is 18.3 Å². The summed E-state index contributed by atoms with van der Waals surface area (Å²) in [4.78, 5) is 17.5. The molecule has 0 aromatic carbocycles. The van der Waals surface area contributed by atoms with Crippen molar-refractivity contribution in [3.8, 4) is 17.3 Å². The number of imidazole rings is 1. The van der Waals surface area contributed by atoms with Crippen molar-refractivity contribution >= 4 is 32.5 Å². The topological polar surface area (TPSA) is 82.1 Å². The highest BCUT2D eigenvalue weighted by Gasteiger charge is 2.35. The van der Waals surface area contributed by atoms with Gasteiger partial charge in [-0.3, -0.25) is 0 Å². The van der Waals surface area contributed by atoms with Gasteiger partial charge in [0.25, 0.3) is 0 Å². The number of anilines is 1. The van der Waals surface area contributed by atoms with Crippen LogP contribution in [0.3, 0.4) is 0 Å². The van der Waals surface area contributed by atoms with Crippen LogP contribution in [-0.4, -0.2) is 44.5 Å². The number of piperidine rings is 1. The van der Waals surface area contributed by atoms with Gasteiger partial charge in [0, 0.05) is 43.1 Å². The van der Waals surface area contributed by atoms with Gasteiger partial charge in [-0.25, -0.2) is 15.0 Å². The summed E-state index contributed by atoms with van der Waals surface area (Å²) >= 11 is 1.65. The summed E-state index contributed by atoms with van der Waals surface area (Å²) < 4.78 is 1.91. The summed E-state index contributed by atoms with van der Waals surface area (Å²) in [5.74, 6) is 0. The predicted molar refractivity (Wildman–Crippen MR) is 122 cm³/mol. The third kappa shape index (κ3) is 3.16. The Morgan fingerprint density at radius 3 is 2.74 bits per heavy atom. The molecule has 0 amide bonds. The van der Waals surface area contributed by atoms with E-state index in [2.05, 4.69) is 28.3 Å². The number of nitriles is 1. The molecule has 8 heteroatoms. The predicted octanol–water partition coefficient (Wildman–Crippen LogP) is 3.91. The molecule has 2 saturated heterocycles. The van der Waals surface area contributed by atoms with E-state index in [0.717, 1.165) is 32.4 Å². The lowest BCUT2D eigenvalue weighted by Crippen LogP contribution is -2.47. The van der Waals surface area contributed by atoms with Gasteiger partial charge in [-0.05, 0) is 50.8 Å². The van der Waals surface area contributed by atoms with Crippen molar-refractivity contribution in [1.82, 2.24) is 24.7 Å². The van der Waals surface area contributed by atoms with Gasteiger partial charge in [-0.1, -0.05) is 11.3 Å². The maximum atomic E-state index is 9.58. The quantitative estimate of drug-likeness (QED) is 0.532. The van der Waals surface area contributed by atoms with E-state index in [1.54, 1.807) is 11.3 Å². The summed E-state index contributed by atoms with van der Waals surface area (Å²) in [5, 5.41) is 14.3. The average molecular weight is 430 g/mol. The van der Waals surface area contributed by atoms with E-state index in [1.807, 2.05) is 41.9 Å². The third-order valence-electron chi connectivity index (χ3n) is 6.63. The van der Waals surface area contributed by atoms with Crippen LogP contribution < -0.4 is 10.2 Å². The Bertz CT molecular complexity index is 1340. The third-order valence-corrected chi connectivity index (χ3v) is 7.69. The standard InChI is InChI=1S/C23H23N7S/c1-13-11-30-12-15(7-14(10-24)21(30)25-13)19-5-6-20-22(27-19)31-23(28-20)29(2)18-8-16-3-4-17(9-18)26-16/h5-7,11-12,16-18,26H,3-4,8-9H2,1-2H3. The van der Waals surface area contributed by atoms with Crippen LogP contribution in [0.15, 0.2) is 30.6 Å². The Kier molecular flexibility index (Phi) is 4.23. The zero-order chi connectivity index (χ0) is 21.1. The Labute approximate surface area is 184 Å². The molecule has 2 aliphatic rings. The first-order valence-electron chi connectivity index (χ1n) is 10.7. The molecule has 2 atom stereocenters. The molecule has 1 N–H and O–H groups in total. The fraction of sp³-hybridized carbons (Fsp3) is 0.391. The number of fused-ring (bicyclic) bond motifs is 4. The second-order valence-electron chi connectivity index (χ2n) is 8.76. The van der Waals surface area contributed by atoms with Crippen molar-refractivity contribution in [2.75, 3.05) is 11.9 Å². The Morgan fingerprint density at radius 1 is 1.16 bits per heavy atom. The maximum absolute atomic E-state index is 9.58. The highest BCUT2D eigenvalue weighted by molar-refractivity contribution is 7.21. The molecule has 2 fully saturated rings. The van der Waals surface area contributed by atoms with Crippen LogP contribution in [0.1, 0.15) is 36.9 Å². The molecular formula is C23H23N7S. The van der Waals surface area contributed by atoms with Crippen LogP contribution in [0.2, 0.25) is 0 Å². The second-order valence-corrected chi connectivity index (χ2v) is 9.71. The number of hydrogen-bond acceptors (Lipinski definition) is 7. The van der Waals surface area contributed by atoms with Crippen molar-refractivity contribution in [2.24, 2.45) is 0 Å². The van der Waals surface area contributed by atoms with Gasteiger partial charge in [0.15, 0.2) is 10.8 Å². The van der Waals surface area contributed by atoms with Crippen LogP contribution in [0.25, 0.3) is 27.3 Å². The molecule has 31 heavy (non-hydrogen) atoms. The fourth-order valence-corrected chi connectivity index (χ4v) is 6.03. The number of rotatable bonds is 3. The molecule has 156 valence electrons.